The van der Waals surface area contributed by atoms with E-state index in [-0.39, 0.29) is 12.1 Å². The van der Waals surface area contributed by atoms with E-state index in [9.17, 15) is 0 Å². The summed E-state index contributed by atoms with van der Waals surface area (Å²) in [7, 11) is 1.66. The van der Waals surface area contributed by atoms with E-state index in [0.717, 1.165) is 18.5 Å². The molecule has 0 bridgehead atoms. The Bertz CT molecular complexity index is 535. The molecule has 2 heterocycles. The van der Waals surface area contributed by atoms with Gasteiger partial charge in [0, 0.05) is 7.11 Å². The lowest BCUT2D eigenvalue weighted by atomic mass is 10.1. The number of hydrogen-bond donors (Lipinski definition) is 1. The van der Waals surface area contributed by atoms with Crippen LogP contribution in [0.2, 0.25) is 0 Å². The maximum atomic E-state index is 5.52. The Balaban J connectivity index is 1.81. The summed E-state index contributed by atoms with van der Waals surface area (Å²) < 4.78 is 10.9. The molecule has 5 nitrogen and oxygen atoms in total. The predicted molar refractivity (Wildman–Crippen MR) is 74.2 cm³/mol. The van der Waals surface area contributed by atoms with Crippen LogP contribution in [0.3, 0.4) is 0 Å². The standard InChI is InChI=1S/C15H19N3O2/c1-19-13(11-7-3-2-4-8-11)14-17-15(20-18-14)12-9-5-6-10-16-12/h2-4,7-8,12-13,16H,5-6,9-10H2,1H3/t12-,13?/m1/s1. The number of ether oxygens (including phenoxy) is 1. The molecule has 1 N–H and O–H groups in total. The molecule has 2 atom stereocenters. The topological polar surface area (TPSA) is 60.2 Å². The minimum atomic E-state index is -0.280. The molecule has 1 fully saturated rings. The van der Waals surface area contributed by atoms with Gasteiger partial charge >= 0.3 is 0 Å². The Hall–Kier alpha value is -1.72. The van der Waals surface area contributed by atoms with Crippen LogP contribution >= 0.6 is 0 Å². The van der Waals surface area contributed by atoms with Gasteiger partial charge in [-0.25, -0.2) is 0 Å². The second-order valence-electron chi connectivity index (χ2n) is 5.02. The highest BCUT2D eigenvalue weighted by atomic mass is 16.5. The normalized spacial score (nSPS) is 20.8. The van der Waals surface area contributed by atoms with Gasteiger partial charge in [-0.15, -0.1) is 0 Å². The number of nitrogens with one attached hydrogen (secondary N) is 1. The molecule has 0 radical (unpaired) electrons. The van der Waals surface area contributed by atoms with Crippen molar-refractivity contribution in [2.75, 3.05) is 13.7 Å². The molecule has 20 heavy (non-hydrogen) atoms. The Morgan fingerprint density at radius 2 is 2.15 bits per heavy atom. The van der Waals surface area contributed by atoms with Crippen molar-refractivity contribution in [1.82, 2.24) is 15.5 Å². The molecule has 0 saturated carbocycles. The van der Waals surface area contributed by atoms with E-state index >= 15 is 0 Å². The zero-order chi connectivity index (χ0) is 13.8. The summed E-state index contributed by atoms with van der Waals surface area (Å²) in [5.41, 5.74) is 1.03. The van der Waals surface area contributed by atoms with Crippen molar-refractivity contribution in [1.29, 1.82) is 0 Å². The van der Waals surface area contributed by atoms with E-state index in [1.54, 1.807) is 7.11 Å². The number of nitrogens with zero attached hydrogens (tertiary/aromatic N) is 2. The summed E-state index contributed by atoms with van der Waals surface area (Å²) in [6.07, 6.45) is 3.17. The molecule has 2 aromatic rings. The van der Waals surface area contributed by atoms with Crippen LogP contribution in [-0.2, 0) is 4.74 Å². The van der Waals surface area contributed by atoms with Gasteiger partial charge in [-0.1, -0.05) is 41.9 Å². The summed E-state index contributed by atoms with van der Waals surface area (Å²) in [5.74, 6) is 1.25. The third-order valence-electron chi connectivity index (χ3n) is 3.64. The third-order valence-corrected chi connectivity index (χ3v) is 3.64. The maximum absolute atomic E-state index is 5.52. The molecule has 106 valence electrons. The zero-order valence-electron chi connectivity index (χ0n) is 11.6. The van der Waals surface area contributed by atoms with Crippen molar-refractivity contribution in [2.24, 2.45) is 0 Å². The highest BCUT2D eigenvalue weighted by Crippen LogP contribution is 2.26. The average molecular weight is 273 g/mol. The Kier molecular flexibility index (Phi) is 4.08. The smallest absolute Gasteiger partial charge is 0.243 e. The number of rotatable bonds is 4. The first-order valence-corrected chi connectivity index (χ1v) is 7.03. The van der Waals surface area contributed by atoms with Gasteiger partial charge in [-0.3, -0.25) is 0 Å². The van der Waals surface area contributed by atoms with Gasteiger partial charge in [0.2, 0.25) is 11.7 Å². The lowest BCUT2D eigenvalue weighted by Crippen LogP contribution is -2.27. The van der Waals surface area contributed by atoms with Gasteiger partial charge in [0.1, 0.15) is 6.10 Å². The molecule has 1 aliphatic heterocycles. The highest BCUT2D eigenvalue weighted by Gasteiger charge is 2.24. The first kappa shape index (κ1) is 13.3. The second-order valence-corrected chi connectivity index (χ2v) is 5.02. The maximum Gasteiger partial charge on any atom is 0.243 e. The van der Waals surface area contributed by atoms with Gasteiger partial charge < -0.3 is 14.6 Å². The first-order valence-electron chi connectivity index (χ1n) is 7.03. The van der Waals surface area contributed by atoms with Crippen molar-refractivity contribution in [3.8, 4) is 0 Å². The molecular formula is C15H19N3O2. The zero-order valence-corrected chi connectivity index (χ0v) is 11.6. The molecule has 1 aromatic carbocycles. The number of methoxy groups -OCH3 is 1. The lowest BCUT2D eigenvalue weighted by Gasteiger charge is -2.19. The van der Waals surface area contributed by atoms with Crippen molar-refractivity contribution in [3.05, 3.63) is 47.6 Å². The minimum Gasteiger partial charge on any atom is -0.369 e. The fourth-order valence-electron chi connectivity index (χ4n) is 2.58. The fraction of sp³-hybridized carbons (Fsp3) is 0.467. The molecule has 0 aliphatic carbocycles. The van der Waals surface area contributed by atoms with E-state index in [0.29, 0.717) is 11.7 Å². The van der Waals surface area contributed by atoms with Crippen LogP contribution in [0, 0.1) is 0 Å². The third kappa shape index (κ3) is 2.73. The monoisotopic (exact) mass is 273 g/mol. The van der Waals surface area contributed by atoms with Crippen LogP contribution in [0.1, 0.15) is 48.7 Å². The fourth-order valence-corrected chi connectivity index (χ4v) is 2.58. The van der Waals surface area contributed by atoms with Crippen LogP contribution in [0.25, 0.3) is 0 Å². The van der Waals surface area contributed by atoms with Gasteiger partial charge in [0.15, 0.2) is 0 Å². The molecule has 3 rings (SSSR count). The van der Waals surface area contributed by atoms with E-state index in [2.05, 4.69) is 15.5 Å². The molecule has 1 unspecified atom stereocenters. The molecule has 1 saturated heterocycles. The summed E-state index contributed by atoms with van der Waals surface area (Å²) in [4.78, 5) is 4.52. The van der Waals surface area contributed by atoms with E-state index in [4.69, 9.17) is 9.26 Å². The van der Waals surface area contributed by atoms with Crippen LogP contribution in [0.15, 0.2) is 34.9 Å². The van der Waals surface area contributed by atoms with Gasteiger partial charge in [-0.2, -0.15) is 4.98 Å². The molecule has 5 heteroatoms. The van der Waals surface area contributed by atoms with Crippen molar-refractivity contribution < 1.29 is 9.26 Å². The molecular weight excluding hydrogens is 254 g/mol. The Morgan fingerprint density at radius 3 is 2.85 bits per heavy atom. The van der Waals surface area contributed by atoms with Crippen molar-refractivity contribution in [2.45, 2.75) is 31.4 Å². The SMILES string of the molecule is COC(c1ccccc1)c1noc([C@H]2CCCCN2)n1. The van der Waals surface area contributed by atoms with Crippen LogP contribution in [0.5, 0.6) is 0 Å². The van der Waals surface area contributed by atoms with Crippen LogP contribution in [0.4, 0.5) is 0 Å². The summed E-state index contributed by atoms with van der Waals surface area (Å²) in [6.45, 7) is 1.01. The Labute approximate surface area is 118 Å². The van der Waals surface area contributed by atoms with E-state index < -0.39 is 0 Å². The van der Waals surface area contributed by atoms with Gasteiger partial charge in [0.25, 0.3) is 0 Å². The first-order chi connectivity index (χ1) is 9.88. The van der Waals surface area contributed by atoms with Crippen LogP contribution < -0.4 is 5.32 Å². The number of hydrogen-bond acceptors (Lipinski definition) is 5. The molecule has 0 amide bonds. The van der Waals surface area contributed by atoms with Gasteiger partial charge in [-0.05, 0) is 24.9 Å². The summed E-state index contributed by atoms with van der Waals surface area (Å²) in [6, 6.07) is 10.1. The molecule has 1 aliphatic rings. The van der Waals surface area contributed by atoms with Crippen molar-refractivity contribution in [3.63, 3.8) is 0 Å². The summed E-state index contributed by atoms with van der Waals surface area (Å²) in [5, 5.41) is 7.50. The molecule has 1 aromatic heterocycles. The van der Waals surface area contributed by atoms with Gasteiger partial charge in [0.05, 0.1) is 6.04 Å². The minimum absolute atomic E-state index is 0.179. The number of piperidine rings is 1. The largest absolute Gasteiger partial charge is 0.369 e. The highest BCUT2D eigenvalue weighted by molar-refractivity contribution is 5.22. The predicted octanol–water partition coefficient (Wildman–Crippen LogP) is 2.62. The lowest BCUT2D eigenvalue weighted by molar-refractivity contribution is 0.126. The van der Waals surface area contributed by atoms with Crippen molar-refractivity contribution >= 4 is 0 Å². The average Bonchev–Trinajstić information content (AvgIpc) is 3.00. The van der Waals surface area contributed by atoms with E-state index in [1.165, 1.54) is 12.8 Å². The van der Waals surface area contributed by atoms with E-state index in [1.807, 2.05) is 30.3 Å². The number of aromatic nitrogens is 2. The molecule has 0 spiro atoms. The second kappa shape index (κ2) is 6.15. The Morgan fingerprint density at radius 1 is 1.30 bits per heavy atom. The number of benzene rings is 1. The van der Waals surface area contributed by atoms with Crippen LogP contribution in [-0.4, -0.2) is 23.8 Å². The quantitative estimate of drug-likeness (QED) is 0.928. The summed E-state index contributed by atoms with van der Waals surface area (Å²) >= 11 is 0.